The normalized spacial score (nSPS) is 12.3. The Hall–Kier alpha value is -1.59. The largest absolute Gasteiger partial charge is 0.396 e. The Labute approximate surface area is 129 Å². The molecule has 0 aliphatic heterocycles. The smallest absolute Gasteiger partial charge is 0.230 e. The molecule has 2 rings (SSSR count). The number of rotatable bonds is 7. The Morgan fingerprint density at radius 2 is 2.19 bits per heavy atom. The van der Waals surface area contributed by atoms with Crippen LogP contribution in [-0.2, 0) is 4.79 Å². The minimum Gasteiger partial charge on any atom is -0.396 e. The fourth-order valence-electron chi connectivity index (χ4n) is 2.00. The number of amides is 1. The zero-order valence-corrected chi connectivity index (χ0v) is 12.9. The molecule has 112 valence electrons. The van der Waals surface area contributed by atoms with Crippen LogP contribution in [-0.4, -0.2) is 34.9 Å². The number of aromatic nitrogens is 1. The van der Waals surface area contributed by atoms with Gasteiger partial charge >= 0.3 is 0 Å². The standard InChI is InChI=1S/C16H20N2O2S/c1-12(7-9-19)10-18-15(20)11-21-16-14-5-3-2-4-13(14)6-8-17-16/h2-6,8,12,19H,7,9-11H2,1H3,(H,18,20). The molecule has 0 spiro atoms. The predicted molar refractivity (Wildman–Crippen MR) is 86.3 cm³/mol. The number of fused-ring (bicyclic) bond motifs is 1. The molecule has 0 radical (unpaired) electrons. The van der Waals surface area contributed by atoms with Gasteiger partial charge in [0.15, 0.2) is 0 Å². The number of carbonyl (C=O) groups is 1. The number of carbonyl (C=O) groups excluding carboxylic acids is 1. The summed E-state index contributed by atoms with van der Waals surface area (Å²) in [6.07, 6.45) is 2.48. The summed E-state index contributed by atoms with van der Waals surface area (Å²) >= 11 is 1.45. The van der Waals surface area contributed by atoms with Crippen molar-refractivity contribution < 1.29 is 9.90 Å². The third-order valence-corrected chi connectivity index (χ3v) is 4.25. The van der Waals surface area contributed by atoms with E-state index in [-0.39, 0.29) is 12.5 Å². The van der Waals surface area contributed by atoms with E-state index in [1.165, 1.54) is 11.8 Å². The lowest BCUT2D eigenvalue weighted by Gasteiger charge is -2.11. The summed E-state index contributed by atoms with van der Waals surface area (Å²) in [5, 5.41) is 14.8. The van der Waals surface area contributed by atoms with E-state index in [0.29, 0.717) is 24.6 Å². The van der Waals surface area contributed by atoms with Crippen LogP contribution in [0.5, 0.6) is 0 Å². The molecular weight excluding hydrogens is 284 g/mol. The van der Waals surface area contributed by atoms with Gasteiger partial charge in [0.05, 0.1) is 5.75 Å². The van der Waals surface area contributed by atoms with E-state index in [1.807, 2.05) is 37.3 Å². The van der Waals surface area contributed by atoms with E-state index in [0.717, 1.165) is 15.8 Å². The van der Waals surface area contributed by atoms with Crippen LogP contribution in [0.25, 0.3) is 10.8 Å². The monoisotopic (exact) mass is 304 g/mol. The molecule has 4 nitrogen and oxygen atoms in total. The van der Waals surface area contributed by atoms with Crippen molar-refractivity contribution in [3.63, 3.8) is 0 Å². The first-order valence-corrected chi connectivity index (χ1v) is 8.03. The summed E-state index contributed by atoms with van der Waals surface area (Å²) in [7, 11) is 0. The lowest BCUT2D eigenvalue weighted by atomic mass is 10.1. The third-order valence-electron chi connectivity index (χ3n) is 3.25. The average molecular weight is 304 g/mol. The summed E-state index contributed by atoms with van der Waals surface area (Å²) in [4.78, 5) is 16.2. The minimum absolute atomic E-state index is 0.000441. The second kappa shape index (κ2) is 8.00. The molecule has 1 heterocycles. The first-order valence-electron chi connectivity index (χ1n) is 7.05. The van der Waals surface area contributed by atoms with E-state index < -0.39 is 0 Å². The molecule has 5 heteroatoms. The van der Waals surface area contributed by atoms with Gasteiger partial charge in [-0.05, 0) is 23.8 Å². The molecule has 0 fully saturated rings. The van der Waals surface area contributed by atoms with Gasteiger partial charge in [0.1, 0.15) is 5.03 Å². The Bertz CT molecular complexity index is 598. The summed E-state index contributed by atoms with van der Waals surface area (Å²) in [6.45, 7) is 2.77. The average Bonchev–Trinajstić information content (AvgIpc) is 2.51. The number of hydrogen-bond acceptors (Lipinski definition) is 4. The van der Waals surface area contributed by atoms with Gasteiger partial charge in [0.2, 0.25) is 5.91 Å². The Kier molecular flexibility index (Phi) is 6.02. The number of thioether (sulfide) groups is 1. The maximum absolute atomic E-state index is 11.8. The highest BCUT2D eigenvalue weighted by atomic mass is 32.2. The SMILES string of the molecule is CC(CCO)CNC(=O)CSc1nccc2ccccc12. The second-order valence-corrected chi connectivity index (χ2v) is 6.01. The number of benzene rings is 1. The minimum atomic E-state index is -0.000441. The first kappa shape index (κ1) is 15.8. The van der Waals surface area contributed by atoms with Crippen molar-refractivity contribution >= 4 is 28.4 Å². The van der Waals surface area contributed by atoms with Crippen molar-refractivity contribution in [3.05, 3.63) is 36.5 Å². The lowest BCUT2D eigenvalue weighted by Crippen LogP contribution is -2.30. The number of nitrogens with zero attached hydrogens (tertiary/aromatic N) is 1. The van der Waals surface area contributed by atoms with Crippen molar-refractivity contribution in [2.24, 2.45) is 5.92 Å². The Morgan fingerprint density at radius 1 is 1.38 bits per heavy atom. The molecule has 2 aromatic rings. The topological polar surface area (TPSA) is 62.2 Å². The summed E-state index contributed by atoms with van der Waals surface area (Å²) in [5.41, 5.74) is 0. The molecule has 1 aromatic heterocycles. The molecule has 1 amide bonds. The van der Waals surface area contributed by atoms with E-state index >= 15 is 0 Å². The van der Waals surface area contributed by atoms with Gasteiger partial charge in [-0.25, -0.2) is 4.98 Å². The van der Waals surface area contributed by atoms with Crippen molar-refractivity contribution in [2.45, 2.75) is 18.4 Å². The van der Waals surface area contributed by atoms with Crippen molar-refractivity contribution in [3.8, 4) is 0 Å². The van der Waals surface area contributed by atoms with Crippen LogP contribution in [0.3, 0.4) is 0 Å². The number of nitrogens with one attached hydrogen (secondary N) is 1. The van der Waals surface area contributed by atoms with Crippen molar-refractivity contribution in [1.82, 2.24) is 10.3 Å². The Morgan fingerprint density at radius 3 is 3.00 bits per heavy atom. The van der Waals surface area contributed by atoms with Gasteiger partial charge in [0, 0.05) is 24.7 Å². The predicted octanol–water partition coefficient (Wildman–Crippen LogP) is 2.46. The van der Waals surface area contributed by atoms with Crippen LogP contribution in [0, 0.1) is 5.92 Å². The molecule has 0 aliphatic carbocycles. The van der Waals surface area contributed by atoms with Gasteiger partial charge in [-0.1, -0.05) is 43.0 Å². The second-order valence-electron chi connectivity index (χ2n) is 5.05. The highest BCUT2D eigenvalue weighted by Gasteiger charge is 2.08. The summed E-state index contributed by atoms with van der Waals surface area (Å²) in [5.74, 6) is 0.645. The van der Waals surface area contributed by atoms with Crippen LogP contribution < -0.4 is 5.32 Å². The number of hydrogen-bond donors (Lipinski definition) is 2. The molecule has 0 aliphatic rings. The Balaban J connectivity index is 1.88. The maximum atomic E-state index is 11.8. The fourth-order valence-corrected chi connectivity index (χ4v) is 2.85. The van der Waals surface area contributed by atoms with Crippen molar-refractivity contribution in [2.75, 3.05) is 18.9 Å². The van der Waals surface area contributed by atoms with Gasteiger partial charge in [-0.3, -0.25) is 4.79 Å². The van der Waals surface area contributed by atoms with Gasteiger partial charge in [0.25, 0.3) is 0 Å². The van der Waals surface area contributed by atoms with Crippen LogP contribution in [0.2, 0.25) is 0 Å². The number of aliphatic hydroxyl groups is 1. The van der Waals surface area contributed by atoms with E-state index in [9.17, 15) is 4.79 Å². The van der Waals surface area contributed by atoms with Crippen LogP contribution in [0.15, 0.2) is 41.6 Å². The molecule has 0 saturated carbocycles. The van der Waals surface area contributed by atoms with Crippen LogP contribution in [0.1, 0.15) is 13.3 Å². The molecule has 1 atom stereocenters. The van der Waals surface area contributed by atoms with E-state index in [1.54, 1.807) is 6.20 Å². The molecule has 21 heavy (non-hydrogen) atoms. The summed E-state index contributed by atoms with van der Waals surface area (Å²) in [6, 6.07) is 10.00. The molecular formula is C16H20N2O2S. The molecule has 1 unspecified atom stereocenters. The third kappa shape index (κ3) is 4.72. The molecule has 0 bridgehead atoms. The first-order chi connectivity index (χ1) is 10.2. The zero-order chi connectivity index (χ0) is 15.1. The van der Waals surface area contributed by atoms with Gasteiger partial charge in [-0.15, -0.1) is 0 Å². The molecule has 0 saturated heterocycles. The summed E-state index contributed by atoms with van der Waals surface area (Å²) < 4.78 is 0. The zero-order valence-electron chi connectivity index (χ0n) is 12.1. The van der Waals surface area contributed by atoms with Crippen molar-refractivity contribution in [1.29, 1.82) is 0 Å². The highest BCUT2D eigenvalue weighted by Crippen LogP contribution is 2.25. The van der Waals surface area contributed by atoms with Crippen LogP contribution >= 0.6 is 11.8 Å². The van der Waals surface area contributed by atoms with Crippen LogP contribution in [0.4, 0.5) is 0 Å². The lowest BCUT2D eigenvalue weighted by molar-refractivity contribution is -0.118. The molecule has 2 N–H and O–H groups in total. The quantitative estimate of drug-likeness (QED) is 0.771. The molecule has 1 aromatic carbocycles. The maximum Gasteiger partial charge on any atom is 0.230 e. The number of aliphatic hydroxyl groups excluding tert-OH is 1. The highest BCUT2D eigenvalue weighted by molar-refractivity contribution is 8.00. The number of pyridine rings is 1. The van der Waals surface area contributed by atoms with Gasteiger partial charge < -0.3 is 10.4 Å². The fraction of sp³-hybridized carbons (Fsp3) is 0.375. The van der Waals surface area contributed by atoms with E-state index in [2.05, 4.69) is 10.3 Å². The van der Waals surface area contributed by atoms with E-state index in [4.69, 9.17) is 5.11 Å². The van der Waals surface area contributed by atoms with Gasteiger partial charge in [-0.2, -0.15) is 0 Å².